The summed E-state index contributed by atoms with van der Waals surface area (Å²) in [6.07, 6.45) is -4.59. The van der Waals surface area contributed by atoms with Gasteiger partial charge in [0.05, 0.1) is 6.04 Å². The van der Waals surface area contributed by atoms with Gasteiger partial charge in [-0.1, -0.05) is 6.07 Å². The van der Waals surface area contributed by atoms with Crippen LogP contribution in [-0.4, -0.2) is 25.1 Å². The Morgan fingerprint density at radius 3 is 2.43 bits per heavy atom. The molecular formula is C15H13F5N8. The molecule has 0 saturated carbocycles. The van der Waals surface area contributed by atoms with Crippen LogP contribution in [0.25, 0.3) is 0 Å². The molecule has 13 heteroatoms. The average molecular weight is 400 g/mol. The number of alkyl halides is 3. The van der Waals surface area contributed by atoms with Gasteiger partial charge in [-0.05, 0) is 13.0 Å². The fourth-order valence-corrected chi connectivity index (χ4v) is 2.28. The van der Waals surface area contributed by atoms with E-state index in [1.807, 2.05) is 5.10 Å². The highest BCUT2D eigenvalue weighted by molar-refractivity contribution is 5.51. The first-order valence-corrected chi connectivity index (χ1v) is 7.74. The standard InChI is InChI=1S/C15H13F5N8/c1-6(8-3-2-7(16)4-9(8)17)22-13-24-12(21)25-14(26-13)23-11-5-10(27-28-11)15(18,19)20/h2-6H,1H3,(H5,21,22,23,24,25,26,27,28). The van der Waals surface area contributed by atoms with Gasteiger partial charge < -0.3 is 16.4 Å². The summed E-state index contributed by atoms with van der Waals surface area (Å²) in [5.41, 5.74) is 4.67. The summed E-state index contributed by atoms with van der Waals surface area (Å²) < 4.78 is 64.7. The van der Waals surface area contributed by atoms with Crippen LogP contribution < -0.4 is 16.4 Å². The van der Waals surface area contributed by atoms with Crippen LogP contribution in [0.3, 0.4) is 0 Å². The van der Waals surface area contributed by atoms with E-state index in [4.69, 9.17) is 5.73 Å². The summed E-state index contributed by atoms with van der Waals surface area (Å²) in [5, 5.41) is 10.5. The number of hydrogen-bond acceptors (Lipinski definition) is 7. The minimum Gasteiger partial charge on any atom is -0.368 e. The molecular weight excluding hydrogens is 387 g/mol. The summed E-state index contributed by atoms with van der Waals surface area (Å²) in [4.78, 5) is 11.5. The Hall–Kier alpha value is -3.51. The van der Waals surface area contributed by atoms with Crippen molar-refractivity contribution in [1.82, 2.24) is 25.1 Å². The maximum absolute atomic E-state index is 13.9. The van der Waals surface area contributed by atoms with E-state index in [1.54, 1.807) is 6.92 Å². The van der Waals surface area contributed by atoms with Gasteiger partial charge in [-0.25, -0.2) is 8.78 Å². The van der Waals surface area contributed by atoms with Crippen molar-refractivity contribution in [1.29, 1.82) is 0 Å². The third-order valence-electron chi connectivity index (χ3n) is 3.55. The number of nitrogens with one attached hydrogen (secondary N) is 3. The molecule has 1 unspecified atom stereocenters. The Kier molecular flexibility index (Phi) is 4.98. The minimum atomic E-state index is -4.59. The largest absolute Gasteiger partial charge is 0.432 e. The highest BCUT2D eigenvalue weighted by atomic mass is 19.4. The summed E-state index contributed by atoms with van der Waals surface area (Å²) in [6, 6.07) is 3.15. The van der Waals surface area contributed by atoms with Crippen LogP contribution in [0.1, 0.15) is 24.2 Å². The number of nitrogens with zero attached hydrogens (tertiary/aromatic N) is 4. The number of nitrogen functional groups attached to an aromatic ring is 1. The third-order valence-corrected chi connectivity index (χ3v) is 3.55. The Labute approximate surface area is 154 Å². The van der Waals surface area contributed by atoms with Crippen molar-refractivity contribution in [3.8, 4) is 0 Å². The first kappa shape index (κ1) is 19.3. The van der Waals surface area contributed by atoms with Crippen LogP contribution in [0.4, 0.5) is 45.6 Å². The summed E-state index contributed by atoms with van der Waals surface area (Å²) >= 11 is 0. The Bertz CT molecular complexity index is 987. The number of rotatable bonds is 5. The molecule has 148 valence electrons. The van der Waals surface area contributed by atoms with Crippen LogP contribution in [0.15, 0.2) is 24.3 Å². The molecule has 28 heavy (non-hydrogen) atoms. The summed E-state index contributed by atoms with van der Waals surface area (Å²) in [5.74, 6) is -2.17. The zero-order valence-electron chi connectivity index (χ0n) is 14.1. The lowest BCUT2D eigenvalue weighted by Gasteiger charge is -2.15. The van der Waals surface area contributed by atoms with E-state index in [0.29, 0.717) is 0 Å². The van der Waals surface area contributed by atoms with Crippen LogP contribution in [0.2, 0.25) is 0 Å². The molecule has 0 bridgehead atoms. The van der Waals surface area contributed by atoms with Gasteiger partial charge in [0.25, 0.3) is 0 Å². The number of aromatic amines is 1. The van der Waals surface area contributed by atoms with E-state index in [2.05, 4.69) is 30.7 Å². The van der Waals surface area contributed by atoms with Gasteiger partial charge in [0.2, 0.25) is 17.8 Å². The molecule has 0 aliphatic heterocycles. The van der Waals surface area contributed by atoms with Crippen molar-refractivity contribution >= 4 is 23.7 Å². The van der Waals surface area contributed by atoms with E-state index < -0.39 is 29.5 Å². The van der Waals surface area contributed by atoms with Crippen LogP contribution in [-0.2, 0) is 6.18 Å². The van der Waals surface area contributed by atoms with Crippen LogP contribution in [0, 0.1) is 11.6 Å². The van der Waals surface area contributed by atoms with E-state index in [9.17, 15) is 22.0 Å². The van der Waals surface area contributed by atoms with E-state index in [-0.39, 0.29) is 29.2 Å². The molecule has 0 aliphatic rings. The normalized spacial score (nSPS) is 12.6. The molecule has 2 heterocycles. The lowest BCUT2D eigenvalue weighted by atomic mass is 10.1. The number of anilines is 4. The Morgan fingerprint density at radius 2 is 1.79 bits per heavy atom. The second-order valence-electron chi connectivity index (χ2n) is 5.66. The van der Waals surface area contributed by atoms with Gasteiger partial charge in [0, 0.05) is 17.7 Å². The topological polar surface area (TPSA) is 117 Å². The van der Waals surface area contributed by atoms with Crippen molar-refractivity contribution < 1.29 is 22.0 Å². The fourth-order valence-electron chi connectivity index (χ4n) is 2.28. The molecule has 0 spiro atoms. The zero-order valence-corrected chi connectivity index (χ0v) is 14.1. The van der Waals surface area contributed by atoms with E-state index in [0.717, 1.165) is 18.2 Å². The van der Waals surface area contributed by atoms with Crippen molar-refractivity contribution in [3.05, 3.63) is 47.2 Å². The lowest BCUT2D eigenvalue weighted by Crippen LogP contribution is -2.14. The highest BCUT2D eigenvalue weighted by Crippen LogP contribution is 2.29. The number of H-pyrrole nitrogens is 1. The molecule has 0 fully saturated rings. The van der Waals surface area contributed by atoms with Gasteiger partial charge >= 0.3 is 6.18 Å². The van der Waals surface area contributed by atoms with E-state index in [1.165, 1.54) is 6.07 Å². The monoisotopic (exact) mass is 400 g/mol. The molecule has 8 nitrogen and oxygen atoms in total. The minimum absolute atomic E-state index is 0.0715. The van der Waals surface area contributed by atoms with Crippen molar-refractivity contribution in [2.24, 2.45) is 0 Å². The third kappa shape index (κ3) is 4.42. The maximum Gasteiger partial charge on any atom is 0.432 e. The summed E-state index contributed by atoms with van der Waals surface area (Å²) in [7, 11) is 0. The first-order chi connectivity index (χ1) is 13.1. The number of hydrogen-bond donors (Lipinski definition) is 4. The highest BCUT2D eigenvalue weighted by Gasteiger charge is 2.33. The van der Waals surface area contributed by atoms with E-state index >= 15 is 0 Å². The van der Waals surface area contributed by atoms with Gasteiger partial charge in [-0.15, -0.1) is 0 Å². The molecule has 5 N–H and O–H groups in total. The first-order valence-electron chi connectivity index (χ1n) is 7.74. The molecule has 1 atom stereocenters. The van der Waals surface area contributed by atoms with Crippen molar-refractivity contribution in [2.75, 3.05) is 16.4 Å². The van der Waals surface area contributed by atoms with Gasteiger partial charge in [-0.2, -0.15) is 33.2 Å². The fraction of sp³-hybridized carbons (Fsp3) is 0.200. The molecule has 3 aromatic rings. The molecule has 0 aliphatic carbocycles. The van der Waals surface area contributed by atoms with Crippen LogP contribution >= 0.6 is 0 Å². The number of halogens is 5. The molecule has 0 saturated heterocycles. The molecule has 2 aromatic heterocycles. The Morgan fingerprint density at radius 1 is 1.07 bits per heavy atom. The lowest BCUT2D eigenvalue weighted by molar-refractivity contribution is -0.141. The van der Waals surface area contributed by atoms with Crippen LogP contribution in [0.5, 0.6) is 0 Å². The molecule has 0 amide bonds. The van der Waals surface area contributed by atoms with Crippen molar-refractivity contribution in [3.63, 3.8) is 0 Å². The number of nitrogens with two attached hydrogens (primary N) is 1. The van der Waals surface area contributed by atoms with Gasteiger partial charge in [0.1, 0.15) is 17.3 Å². The maximum atomic E-state index is 13.9. The predicted octanol–water partition coefficient (Wildman–Crippen LogP) is 3.39. The molecule has 1 aromatic carbocycles. The molecule has 0 radical (unpaired) electrons. The number of benzene rings is 1. The van der Waals surface area contributed by atoms with Gasteiger partial charge in [0.15, 0.2) is 5.82 Å². The zero-order chi connectivity index (χ0) is 20.5. The average Bonchev–Trinajstić information content (AvgIpc) is 3.02. The predicted molar refractivity (Wildman–Crippen MR) is 89.5 cm³/mol. The quantitative estimate of drug-likeness (QED) is 0.485. The molecule has 3 rings (SSSR count). The SMILES string of the molecule is CC(Nc1nc(N)nc(Nc2cc(C(F)(F)F)[nH]n2)n1)c1ccc(F)cc1F. The smallest absolute Gasteiger partial charge is 0.368 e. The van der Waals surface area contributed by atoms with Crippen molar-refractivity contribution in [2.45, 2.75) is 19.1 Å². The second-order valence-corrected chi connectivity index (χ2v) is 5.66. The summed E-state index contributed by atoms with van der Waals surface area (Å²) in [6.45, 7) is 1.58. The van der Waals surface area contributed by atoms with Gasteiger partial charge in [-0.3, -0.25) is 5.10 Å². The second kappa shape index (κ2) is 7.25. The number of aromatic nitrogens is 5. The Balaban J connectivity index is 1.78.